The Bertz CT molecular complexity index is 499. The van der Waals surface area contributed by atoms with Gasteiger partial charge in [0.05, 0.1) is 15.6 Å². The van der Waals surface area contributed by atoms with Crippen LogP contribution in [0.1, 0.15) is 49.4 Å². The number of nitrogens with two attached hydrogens (primary N) is 1. The summed E-state index contributed by atoms with van der Waals surface area (Å²) in [6.07, 6.45) is 6.14. The number of carbonyl (C=O) groups excluding carboxylic acids is 1. The summed E-state index contributed by atoms with van der Waals surface area (Å²) < 4.78 is 0. The average molecular weight is 315 g/mol. The van der Waals surface area contributed by atoms with E-state index in [-0.39, 0.29) is 17.0 Å². The number of anilines is 1. The van der Waals surface area contributed by atoms with Crippen LogP contribution in [-0.2, 0) is 0 Å². The molecule has 0 spiro atoms. The van der Waals surface area contributed by atoms with Crippen LogP contribution in [0, 0.1) is 5.92 Å². The molecule has 0 radical (unpaired) electrons. The summed E-state index contributed by atoms with van der Waals surface area (Å²) in [5.74, 6) is 0.338. The lowest BCUT2D eigenvalue weighted by Crippen LogP contribution is -2.39. The summed E-state index contributed by atoms with van der Waals surface area (Å²) in [6.45, 7) is 2.05. The molecule has 0 saturated heterocycles. The van der Waals surface area contributed by atoms with E-state index < -0.39 is 0 Å². The fourth-order valence-corrected chi connectivity index (χ4v) is 3.23. The summed E-state index contributed by atoms with van der Waals surface area (Å²) in [6, 6.07) is 3.25. The van der Waals surface area contributed by atoms with Crippen molar-refractivity contribution in [3.8, 4) is 0 Å². The molecule has 1 aliphatic rings. The van der Waals surface area contributed by atoms with Gasteiger partial charge < -0.3 is 11.1 Å². The van der Waals surface area contributed by atoms with E-state index in [1.807, 2.05) is 0 Å². The van der Waals surface area contributed by atoms with E-state index in [0.29, 0.717) is 22.2 Å². The summed E-state index contributed by atoms with van der Waals surface area (Å²) in [7, 11) is 0. The maximum absolute atomic E-state index is 12.3. The summed E-state index contributed by atoms with van der Waals surface area (Å²) in [4.78, 5) is 12.3. The quantitative estimate of drug-likeness (QED) is 0.818. The van der Waals surface area contributed by atoms with Crippen LogP contribution in [0.25, 0.3) is 0 Å². The van der Waals surface area contributed by atoms with Gasteiger partial charge in [0.15, 0.2) is 0 Å². The minimum absolute atomic E-state index is 0.138. The smallest absolute Gasteiger partial charge is 0.253 e. The summed E-state index contributed by atoms with van der Waals surface area (Å²) in [5, 5.41) is 3.59. The van der Waals surface area contributed by atoms with Gasteiger partial charge in [-0.2, -0.15) is 0 Å². The van der Waals surface area contributed by atoms with Gasteiger partial charge in [0.2, 0.25) is 0 Å². The van der Waals surface area contributed by atoms with E-state index >= 15 is 0 Å². The molecular formula is C15H20Cl2N2O. The second-order valence-corrected chi connectivity index (χ2v) is 6.31. The molecule has 1 aromatic rings. The second kappa shape index (κ2) is 6.68. The first-order chi connectivity index (χ1) is 9.49. The van der Waals surface area contributed by atoms with Gasteiger partial charge in [0.25, 0.3) is 5.91 Å². The van der Waals surface area contributed by atoms with Crippen molar-refractivity contribution in [2.24, 2.45) is 5.92 Å². The fraction of sp³-hybridized carbons (Fsp3) is 0.533. The monoisotopic (exact) mass is 314 g/mol. The van der Waals surface area contributed by atoms with Crippen molar-refractivity contribution >= 4 is 34.8 Å². The van der Waals surface area contributed by atoms with Gasteiger partial charge in [0.1, 0.15) is 0 Å². The molecule has 0 aromatic heterocycles. The van der Waals surface area contributed by atoms with Crippen LogP contribution in [0.5, 0.6) is 0 Å². The van der Waals surface area contributed by atoms with Crippen molar-refractivity contribution in [3.05, 3.63) is 27.7 Å². The van der Waals surface area contributed by atoms with E-state index in [4.69, 9.17) is 28.9 Å². The molecule has 1 aromatic carbocycles. The first-order valence-electron chi connectivity index (χ1n) is 7.04. The van der Waals surface area contributed by atoms with Gasteiger partial charge in [-0.15, -0.1) is 0 Å². The number of benzene rings is 1. The van der Waals surface area contributed by atoms with Crippen LogP contribution < -0.4 is 11.1 Å². The highest BCUT2D eigenvalue weighted by Gasteiger charge is 2.23. The fourth-order valence-electron chi connectivity index (χ4n) is 2.81. The summed E-state index contributed by atoms with van der Waals surface area (Å²) in [5.41, 5.74) is 6.50. The van der Waals surface area contributed by atoms with Crippen LogP contribution in [-0.4, -0.2) is 11.9 Å². The minimum Gasteiger partial charge on any atom is -0.399 e. The lowest BCUT2D eigenvalue weighted by Gasteiger charge is -2.28. The highest BCUT2D eigenvalue weighted by atomic mass is 35.5. The number of amides is 1. The average Bonchev–Trinajstić information content (AvgIpc) is 2.43. The maximum Gasteiger partial charge on any atom is 0.253 e. The molecule has 5 heteroatoms. The normalized spacial score (nSPS) is 17.8. The van der Waals surface area contributed by atoms with E-state index in [1.165, 1.54) is 32.1 Å². The largest absolute Gasteiger partial charge is 0.399 e. The van der Waals surface area contributed by atoms with Crippen LogP contribution >= 0.6 is 23.2 Å². The Morgan fingerprint density at radius 1 is 1.30 bits per heavy atom. The number of hydrogen-bond acceptors (Lipinski definition) is 2. The van der Waals surface area contributed by atoms with E-state index in [2.05, 4.69) is 12.2 Å². The standard InChI is InChI=1S/C15H20Cl2N2O/c1-9(10-5-3-2-4-6-10)19-15(20)12-7-11(18)8-13(16)14(12)17/h7-10H,2-6,18H2,1H3,(H,19,20). The molecule has 1 saturated carbocycles. The number of halogens is 2. The van der Waals surface area contributed by atoms with Crippen LogP contribution in [0.4, 0.5) is 5.69 Å². The first-order valence-corrected chi connectivity index (χ1v) is 7.80. The van der Waals surface area contributed by atoms with Crippen molar-refractivity contribution in [3.63, 3.8) is 0 Å². The molecule has 0 aliphatic heterocycles. The van der Waals surface area contributed by atoms with E-state index in [9.17, 15) is 4.79 Å². The Balaban J connectivity index is 2.08. The molecule has 1 fully saturated rings. The van der Waals surface area contributed by atoms with E-state index in [1.54, 1.807) is 12.1 Å². The lowest BCUT2D eigenvalue weighted by molar-refractivity contribution is 0.0919. The highest BCUT2D eigenvalue weighted by molar-refractivity contribution is 6.44. The molecule has 0 bridgehead atoms. The topological polar surface area (TPSA) is 55.1 Å². The molecule has 1 aliphatic carbocycles. The van der Waals surface area contributed by atoms with Gasteiger partial charge in [-0.25, -0.2) is 0 Å². The maximum atomic E-state index is 12.3. The van der Waals surface area contributed by atoms with Crippen molar-refractivity contribution in [1.29, 1.82) is 0 Å². The molecule has 0 heterocycles. The van der Waals surface area contributed by atoms with Crippen molar-refractivity contribution < 1.29 is 4.79 Å². The highest BCUT2D eigenvalue weighted by Crippen LogP contribution is 2.30. The van der Waals surface area contributed by atoms with Gasteiger partial charge in [-0.1, -0.05) is 42.5 Å². The molecular weight excluding hydrogens is 295 g/mol. The predicted octanol–water partition coefficient (Wildman–Crippen LogP) is 4.27. The number of nitrogens with one attached hydrogen (secondary N) is 1. The molecule has 20 heavy (non-hydrogen) atoms. The summed E-state index contributed by atoms with van der Waals surface area (Å²) >= 11 is 12.0. The Morgan fingerprint density at radius 2 is 1.95 bits per heavy atom. The van der Waals surface area contributed by atoms with Crippen molar-refractivity contribution in [2.45, 2.75) is 45.1 Å². The predicted molar refractivity (Wildman–Crippen MR) is 84.4 cm³/mol. The molecule has 2 rings (SSSR count). The number of nitrogen functional groups attached to an aromatic ring is 1. The molecule has 1 amide bonds. The molecule has 3 nitrogen and oxygen atoms in total. The first kappa shape index (κ1) is 15.5. The molecule has 3 N–H and O–H groups in total. The molecule has 110 valence electrons. The van der Waals surface area contributed by atoms with Gasteiger partial charge >= 0.3 is 0 Å². The Kier molecular flexibility index (Phi) is 5.17. The third-order valence-corrected chi connectivity index (χ3v) is 4.81. The zero-order valence-corrected chi connectivity index (χ0v) is 13.1. The van der Waals surface area contributed by atoms with Crippen LogP contribution in [0.15, 0.2) is 12.1 Å². The Hall–Kier alpha value is -0.930. The number of rotatable bonds is 3. The van der Waals surface area contributed by atoms with Gasteiger partial charge in [-0.05, 0) is 37.8 Å². The lowest BCUT2D eigenvalue weighted by atomic mass is 9.84. The van der Waals surface area contributed by atoms with Gasteiger partial charge in [-0.3, -0.25) is 4.79 Å². The van der Waals surface area contributed by atoms with E-state index in [0.717, 1.165) is 0 Å². The third kappa shape index (κ3) is 3.58. The molecule has 1 atom stereocenters. The van der Waals surface area contributed by atoms with Crippen molar-refractivity contribution in [2.75, 3.05) is 5.73 Å². The van der Waals surface area contributed by atoms with Crippen LogP contribution in [0.3, 0.4) is 0 Å². The van der Waals surface area contributed by atoms with Gasteiger partial charge in [0, 0.05) is 11.7 Å². The molecule has 1 unspecified atom stereocenters. The van der Waals surface area contributed by atoms with Crippen LogP contribution in [0.2, 0.25) is 10.0 Å². The Morgan fingerprint density at radius 3 is 2.60 bits per heavy atom. The number of hydrogen-bond donors (Lipinski definition) is 2. The SMILES string of the molecule is CC(NC(=O)c1cc(N)cc(Cl)c1Cl)C1CCCCC1. The van der Waals surface area contributed by atoms with Crippen molar-refractivity contribution in [1.82, 2.24) is 5.32 Å². The Labute approximate surface area is 129 Å². The third-order valence-electron chi connectivity index (χ3n) is 4.01. The second-order valence-electron chi connectivity index (χ2n) is 5.52. The number of carbonyl (C=O) groups is 1. The zero-order chi connectivity index (χ0) is 14.7. The zero-order valence-electron chi connectivity index (χ0n) is 11.6. The minimum atomic E-state index is -0.206.